The van der Waals surface area contributed by atoms with Crippen LogP contribution in [0.2, 0.25) is 5.02 Å². The molecule has 2 aromatic carbocycles. The normalized spacial score (nSPS) is 10.7. The van der Waals surface area contributed by atoms with Crippen LogP contribution in [0.4, 0.5) is 4.39 Å². The van der Waals surface area contributed by atoms with E-state index in [0.717, 1.165) is 4.68 Å². The monoisotopic (exact) mass is 332 g/mol. The fraction of sp³-hybridized carbons (Fsp3) is 0.0667. The van der Waals surface area contributed by atoms with E-state index < -0.39 is 17.3 Å². The first-order chi connectivity index (χ1) is 11.0. The minimum Gasteiger partial charge on any atom is -0.478 e. The summed E-state index contributed by atoms with van der Waals surface area (Å²) >= 11 is 6.13. The Kier molecular flexibility index (Phi) is 3.79. The standard InChI is InChI=1S/C15H10ClFN4O2/c1-8-18-19-20-21(8)11-7-10(9-5-3-2-4-6-9)13(16)12(14(11)17)15(22)23/h2-7H,1H3,(H,22,23). The van der Waals surface area contributed by atoms with E-state index in [0.29, 0.717) is 17.0 Å². The van der Waals surface area contributed by atoms with Gasteiger partial charge in [0.2, 0.25) is 0 Å². The maximum atomic E-state index is 14.6. The van der Waals surface area contributed by atoms with Crippen LogP contribution < -0.4 is 0 Å². The van der Waals surface area contributed by atoms with E-state index in [-0.39, 0.29) is 10.7 Å². The highest BCUT2D eigenvalue weighted by Gasteiger charge is 2.25. The lowest BCUT2D eigenvalue weighted by atomic mass is 10.0. The number of rotatable bonds is 3. The second kappa shape index (κ2) is 5.77. The fourth-order valence-electron chi connectivity index (χ4n) is 2.25. The number of benzene rings is 2. The van der Waals surface area contributed by atoms with Crippen LogP contribution in [0.5, 0.6) is 0 Å². The summed E-state index contributed by atoms with van der Waals surface area (Å²) in [4.78, 5) is 11.4. The van der Waals surface area contributed by atoms with Gasteiger partial charge in [-0.3, -0.25) is 0 Å². The molecule has 1 aromatic heterocycles. The van der Waals surface area contributed by atoms with Crippen LogP contribution in [-0.4, -0.2) is 31.3 Å². The van der Waals surface area contributed by atoms with Gasteiger partial charge in [0.15, 0.2) is 11.6 Å². The fourth-order valence-corrected chi connectivity index (χ4v) is 2.57. The molecule has 6 nitrogen and oxygen atoms in total. The molecule has 0 spiro atoms. The van der Waals surface area contributed by atoms with Crippen molar-refractivity contribution >= 4 is 17.6 Å². The molecule has 23 heavy (non-hydrogen) atoms. The zero-order chi connectivity index (χ0) is 16.6. The zero-order valence-corrected chi connectivity index (χ0v) is 12.6. The predicted molar refractivity (Wildman–Crippen MR) is 81.3 cm³/mol. The van der Waals surface area contributed by atoms with Crippen molar-refractivity contribution in [3.63, 3.8) is 0 Å². The summed E-state index contributed by atoms with van der Waals surface area (Å²) in [7, 11) is 0. The molecule has 0 saturated heterocycles. The van der Waals surface area contributed by atoms with Gasteiger partial charge in [-0.15, -0.1) is 5.10 Å². The number of aromatic nitrogens is 4. The molecule has 0 amide bonds. The Morgan fingerprint density at radius 3 is 2.57 bits per heavy atom. The summed E-state index contributed by atoms with van der Waals surface area (Å²) in [6.45, 7) is 1.58. The first-order valence-electron chi connectivity index (χ1n) is 6.56. The highest BCUT2D eigenvalue weighted by atomic mass is 35.5. The Labute approximate surface area is 135 Å². The molecule has 0 aliphatic carbocycles. The number of carboxylic acid groups (broad SMARTS) is 1. The van der Waals surface area contributed by atoms with Gasteiger partial charge in [-0.05, 0) is 29.0 Å². The van der Waals surface area contributed by atoms with Gasteiger partial charge in [0.05, 0.1) is 5.02 Å². The lowest BCUT2D eigenvalue weighted by Crippen LogP contribution is -2.10. The third kappa shape index (κ3) is 2.55. The summed E-state index contributed by atoms with van der Waals surface area (Å²) in [5.74, 6) is -2.13. The van der Waals surface area contributed by atoms with Gasteiger partial charge in [-0.1, -0.05) is 41.9 Å². The SMILES string of the molecule is Cc1nnnn1-c1cc(-c2ccccc2)c(Cl)c(C(=O)O)c1F. The van der Waals surface area contributed by atoms with Crippen LogP contribution in [0.25, 0.3) is 16.8 Å². The molecule has 0 unspecified atom stereocenters. The summed E-state index contributed by atoms with van der Waals surface area (Å²) in [5, 5.41) is 20.0. The number of aryl methyl sites for hydroxylation is 1. The second-order valence-electron chi connectivity index (χ2n) is 4.76. The van der Waals surface area contributed by atoms with E-state index in [9.17, 15) is 14.3 Å². The topological polar surface area (TPSA) is 80.9 Å². The maximum absolute atomic E-state index is 14.6. The van der Waals surface area contributed by atoms with E-state index in [1.54, 1.807) is 31.2 Å². The molecule has 3 aromatic rings. The number of hydrogen-bond acceptors (Lipinski definition) is 4. The number of carbonyl (C=O) groups is 1. The van der Waals surface area contributed by atoms with Crippen LogP contribution >= 0.6 is 11.6 Å². The number of hydrogen-bond donors (Lipinski definition) is 1. The molecule has 1 N–H and O–H groups in total. The first-order valence-corrected chi connectivity index (χ1v) is 6.94. The lowest BCUT2D eigenvalue weighted by Gasteiger charge is -2.13. The van der Waals surface area contributed by atoms with E-state index >= 15 is 0 Å². The van der Waals surface area contributed by atoms with E-state index in [2.05, 4.69) is 15.5 Å². The summed E-state index contributed by atoms with van der Waals surface area (Å²) < 4.78 is 15.8. The van der Waals surface area contributed by atoms with Crippen molar-refractivity contribution < 1.29 is 14.3 Å². The number of halogens is 2. The molecule has 1 heterocycles. The third-order valence-corrected chi connectivity index (χ3v) is 3.73. The average Bonchev–Trinajstić information content (AvgIpc) is 2.94. The summed E-state index contributed by atoms with van der Waals surface area (Å²) in [6.07, 6.45) is 0. The smallest absolute Gasteiger partial charge is 0.340 e. The third-order valence-electron chi connectivity index (χ3n) is 3.33. The average molecular weight is 333 g/mol. The first kappa shape index (κ1) is 15.1. The van der Waals surface area contributed by atoms with Gasteiger partial charge in [-0.2, -0.15) is 4.68 Å². The van der Waals surface area contributed by atoms with Crippen molar-refractivity contribution in [2.24, 2.45) is 0 Å². The molecule has 0 saturated carbocycles. The zero-order valence-electron chi connectivity index (χ0n) is 11.9. The van der Waals surface area contributed by atoms with Crippen molar-refractivity contribution in [1.29, 1.82) is 0 Å². The minimum absolute atomic E-state index is 0.0758. The van der Waals surface area contributed by atoms with Gasteiger partial charge >= 0.3 is 5.97 Å². The Hall–Kier alpha value is -2.80. The number of aromatic carboxylic acids is 1. The molecule has 0 bridgehead atoms. The van der Waals surface area contributed by atoms with Crippen LogP contribution in [-0.2, 0) is 0 Å². The Bertz CT molecular complexity index is 896. The van der Waals surface area contributed by atoms with Crippen LogP contribution in [0, 0.1) is 12.7 Å². The van der Waals surface area contributed by atoms with Crippen LogP contribution in [0.1, 0.15) is 16.2 Å². The minimum atomic E-state index is -1.46. The number of carboxylic acids is 1. The molecule has 0 radical (unpaired) electrons. The Morgan fingerprint density at radius 1 is 1.30 bits per heavy atom. The van der Waals surface area contributed by atoms with Crippen molar-refractivity contribution in [3.05, 3.63) is 58.6 Å². The molecular formula is C15H10ClFN4O2. The number of nitrogens with zero attached hydrogens (tertiary/aromatic N) is 4. The maximum Gasteiger partial charge on any atom is 0.340 e. The van der Waals surface area contributed by atoms with E-state index in [1.807, 2.05) is 6.07 Å². The van der Waals surface area contributed by atoms with Gasteiger partial charge in [-0.25, -0.2) is 9.18 Å². The molecule has 8 heteroatoms. The number of tetrazole rings is 1. The Morgan fingerprint density at radius 2 is 2.00 bits per heavy atom. The summed E-state index contributed by atoms with van der Waals surface area (Å²) in [5.41, 5.74) is 0.356. The highest BCUT2D eigenvalue weighted by Crippen LogP contribution is 2.35. The predicted octanol–water partition coefficient (Wildman–Crippen LogP) is 3.13. The van der Waals surface area contributed by atoms with Gasteiger partial charge in [0.25, 0.3) is 0 Å². The Balaban J connectivity index is 2.36. The molecule has 3 rings (SSSR count). The van der Waals surface area contributed by atoms with Crippen molar-refractivity contribution in [2.45, 2.75) is 6.92 Å². The molecule has 0 atom stereocenters. The van der Waals surface area contributed by atoms with Crippen molar-refractivity contribution in [2.75, 3.05) is 0 Å². The molecule has 116 valence electrons. The van der Waals surface area contributed by atoms with Crippen LogP contribution in [0.15, 0.2) is 36.4 Å². The van der Waals surface area contributed by atoms with Crippen molar-refractivity contribution in [3.8, 4) is 16.8 Å². The highest BCUT2D eigenvalue weighted by molar-refractivity contribution is 6.36. The molecule has 0 aliphatic heterocycles. The lowest BCUT2D eigenvalue weighted by molar-refractivity contribution is 0.0692. The largest absolute Gasteiger partial charge is 0.478 e. The van der Waals surface area contributed by atoms with E-state index in [1.165, 1.54) is 6.07 Å². The van der Waals surface area contributed by atoms with Crippen LogP contribution in [0.3, 0.4) is 0 Å². The van der Waals surface area contributed by atoms with Gasteiger partial charge in [0, 0.05) is 5.56 Å². The second-order valence-corrected chi connectivity index (χ2v) is 5.13. The molecule has 0 aliphatic rings. The summed E-state index contributed by atoms with van der Waals surface area (Å²) in [6, 6.07) is 10.3. The van der Waals surface area contributed by atoms with Gasteiger partial charge < -0.3 is 5.11 Å². The van der Waals surface area contributed by atoms with Crippen molar-refractivity contribution in [1.82, 2.24) is 20.2 Å². The molecular weight excluding hydrogens is 323 g/mol. The van der Waals surface area contributed by atoms with E-state index in [4.69, 9.17) is 11.6 Å². The van der Waals surface area contributed by atoms with Gasteiger partial charge in [0.1, 0.15) is 11.3 Å². The molecule has 0 fully saturated rings. The quantitative estimate of drug-likeness (QED) is 0.797.